The van der Waals surface area contributed by atoms with E-state index in [-0.39, 0.29) is 6.04 Å². The van der Waals surface area contributed by atoms with Crippen LogP contribution in [0.5, 0.6) is 0 Å². The fraction of sp³-hybridized carbons (Fsp3) is 0.320. The minimum absolute atomic E-state index is 0.137. The highest BCUT2D eigenvalue weighted by Crippen LogP contribution is 2.37. The smallest absolute Gasteiger partial charge is 0.258 e. The van der Waals surface area contributed by atoms with Crippen LogP contribution in [-0.4, -0.2) is 26.7 Å². The van der Waals surface area contributed by atoms with Crippen molar-refractivity contribution >= 4 is 22.9 Å². The lowest BCUT2D eigenvalue weighted by Gasteiger charge is -2.37. The van der Waals surface area contributed by atoms with E-state index < -0.39 is 0 Å². The Balaban J connectivity index is 1.75. The average Bonchev–Trinajstić information content (AvgIpc) is 3.26. The van der Waals surface area contributed by atoms with Gasteiger partial charge < -0.3 is 14.7 Å². The van der Waals surface area contributed by atoms with Crippen molar-refractivity contribution in [3.8, 4) is 11.4 Å². The fourth-order valence-corrected chi connectivity index (χ4v) is 4.24. The van der Waals surface area contributed by atoms with E-state index in [1.165, 1.54) is 18.4 Å². The van der Waals surface area contributed by atoms with Gasteiger partial charge in [-0.05, 0) is 38.0 Å². The second-order valence-electron chi connectivity index (χ2n) is 7.94. The molecule has 5 nitrogen and oxygen atoms in total. The number of hydrogen-bond donors (Lipinski definition) is 1. The molecular formula is C25H28N4OS. The second-order valence-corrected chi connectivity index (χ2v) is 8.33. The zero-order chi connectivity index (χ0) is 21.8. The zero-order valence-electron chi connectivity index (χ0n) is 18.3. The number of allylic oxidation sites excluding steroid dienone is 1. The van der Waals surface area contributed by atoms with Gasteiger partial charge >= 0.3 is 0 Å². The van der Waals surface area contributed by atoms with Gasteiger partial charge in [0.05, 0.1) is 11.6 Å². The normalized spacial score (nSPS) is 16.5. The lowest BCUT2D eigenvalue weighted by atomic mass is 9.94. The van der Waals surface area contributed by atoms with Crippen LogP contribution in [0.1, 0.15) is 56.2 Å². The standard InChI is InChI=1S/C25H28N4OS/c1-4-5-9-16-29-18(3)21(22(26-25(29)31)19-10-7-6-8-11-19)24-27-23(28-30-24)20-14-12-17(2)13-15-20/h6-8,10-15,22H,4-5,9,16H2,1-3H3,(H,26,31). The van der Waals surface area contributed by atoms with Gasteiger partial charge in [0.25, 0.3) is 5.89 Å². The number of thiocarbonyl (C=S) groups is 1. The van der Waals surface area contributed by atoms with Crippen LogP contribution < -0.4 is 5.32 Å². The summed E-state index contributed by atoms with van der Waals surface area (Å²) in [6.45, 7) is 7.24. The molecule has 1 aliphatic rings. The molecule has 31 heavy (non-hydrogen) atoms. The highest BCUT2D eigenvalue weighted by atomic mass is 32.1. The molecule has 0 spiro atoms. The molecular weight excluding hydrogens is 404 g/mol. The first-order valence-corrected chi connectivity index (χ1v) is 11.2. The molecule has 1 atom stereocenters. The summed E-state index contributed by atoms with van der Waals surface area (Å²) in [5.74, 6) is 1.12. The van der Waals surface area contributed by atoms with Crippen LogP contribution in [0.15, 0.2) is 64.8 Å². The monoisotopic (exact) mass is 432 g/mol. The Kier molecular flexibility index (Phi) is 6.47. The Morgan fingerprint density at radius 3 is 2.48 bits per heavy atom. The van der Waals surface area contributed by atoms with Gasteiger partial charge in [0.15, 0.2) is 5.11 Å². The molecule has 2 heterocycles. The molecule has 6 heteroatoms. The number of rotatable bonds is 7. The van der Waals surface area contributed by atoms with E-state index >= 15 is 0 Å². The summed E-state index contributed by atoms with van der Waals surface area (Å²) in [4.78, 5) is 6.93. The Labute approximate surface area is 189 Å². The maximum Gasteiger partial charge on any atom is 0.258 e. The molecule has 1 aliphatic heterocycles. The van der Waals surface area contributed by atoms with Crippen molar-refractivity contribution in [1.29, 1.82) is 0 Å². The molecule has 0 saturated carbocycles. The van der Waals surface area contributed by atoms with E-state index in [0.29, 0.717) is 11.7 Å². The summed E-state index contributed by atoms with van der Waals surface area (Å²) in [6.07, 6.45) is 3.42. The molecule has 1 aromatic heterocycles. The maximum atomic E-state index is 5.79. The molecule has 1 N–H and O–H groups in total. The summed E-state index contributed by atoms with van der Waals surface area (Å²) in [5, 5.41) is 8.53. The molecule has 3 aromatic rings. The number of nitrogens with zero attached hydrogens (tertiary/aromatic N) is 3. The van der Waals surface area contributed by atoms with E-state index in [9.17, 15) is 0 Å². The van der Waals surface area contributed by atoms with Crippen molar-refractivity contribution in [2.75, 3.05) is 6.54 Å². The molecule has 0 radical (unpaired) electrons. The summed E-state index contributed by atoms with van der Waals surface area (Å²) in [5.41, 5.74) is 5.29. The lowest BCUT2D eigenvalue weighted by Crippen LogP contribution is -2.46. The first-order valence-electron chi connectivity index (χ1n) is 10.8. The first kappa shape index (κ1) is 21.2. The van der Waals surface area contributed by atoms with Crippen molar-refractivity contribution in [3.63, 3.8) is 0 Å². The van der Waals surface area contributed by atoms with Crippen molar-refractivity contribution in [3.05, 3.63) is 77.3 Å². The third-order valence-electron chi connectivity index (χ3n) is 5.68. The van der Waals surface area contributed by atoms with E-state index in [4.69, 9.17) is 21.7 Å². The van der Waals surface area contributed by atoms with Gasteiger partial charge in [-0.15, -0.1) is 0 Å². The van der Waals surface area contributed by atoms with E-state index in [0.717, 1.165) is 40.5 Å². The molecule has 0 aliphatic carbocycles. The van der Waals surface area contributed by atoms with Gasteiger partial charge in [-0.25, -0.2) is 0 Å². The number of nitrogens with one attached hydrogen (secondary N) is 1. The number of unbranched alkanes of at least 4 members (excludes halogenated alkanes) is 2. The second kappa shape index (κ2) is 9.43. The molecule has 2 aromatic carbocycles. The van der Waals surface area contributed by atoms with Crippen molar-refractivity contribution in [1.82, 2.24) is 20.4 Å². The van der Waals surface area contributed by atoms with Gasteiger partial charge in [-0.3, -0.25) is 0 Å². The van der Waals surface area contributed by atoms with Gasteiger partial charge in [0.1, 0.15) is 0 Å². The molecule has 160 valence electrons. The average molecular weight is 433 g/mol. The van der Waals surface area contributed by atoms with Crippen LogP contribution in [0.4, 0.5) is 0 Å². The van der Waals surface area contributed by atoms with Crippen molar-refractivity contribution in [2.24, 2.45) is 0 Å². The summed E-state index contributed by atoms with van der Waals surface area (Å²) < 4.78 is 5.79. The van der Waals surface area contributed by atoms with Gasteiger partial charge in [0, 0.05) is 17.8 Å². The van der Waals surface area contributed by atoms with Gasteiger partial charge in [-0.1, -0.05) is 85.1 Å². The first-order chi connectivity index (χ1) is 15.1. The van der Waals surface area contributed by atoms with Crippen molar-refractivity contribution < 1.29 is 4.52 Å². The summed E-state index contributed by atoms with van der Waals surface area (Å²) in [7, 11) is 0. The van der Waals surface area contributed by atoms with E-state index in [2.05, 4.69) is 60.4 Å². The highest BCUT2D eigenvalue weighted by Gasteiger charge is 2.33. The molecule has 0 saturated heterocycles. The predicted molar refractivity (Wildman–Crippen MR) is 128 cm³/mol. The van der Waals surface area contributed by atoms with E-state index in [1.807, 2.05) is 30.3 Å². The fourth-order valence-electron chi connectivity index (χ4n) is 3.90. The molecule has 0 fully saturated rings. The number of hydrogen-bond acceptors (Lipinski definition) is 4. The number of aryl methyl sites for hydroxylation is 1. The predicted octanol–water partition coefficient (Wildman–Crippen LogP) is 5.90. The van der Waals surface area contributed by atoms with Crippen LogP contribution in [0.25, 0.3) is 17.0 Å². The Morgan fingerprint density at radius 1 is 1.03 bits per heavy atom. The van der Waals surface area contributed by atoms with Crippen molar-refractivity contribution in [2.45, 2.75) is 46.1 Å². The largest absolute Gasteiger partial charge is 0.351 e. The van der Waals surface area contributed by atoms with Crippen LogP contribution in [-0.2, 0) is 0 Å². The Hall–Kier alpha value is -2.99. The Bertz CT molecular complexity index is 1070. The van der Waals surface area contributed by atoms with Crippen LogP contribution in [0, 0.1) is 6.92 Å². The molecule has 1 unspecified atom stereocenters. The quantitative estimate of drug-likeness (QED) is 0.371. The van der Waals surface area contributed by atoms with Crippen LogP contribution in [0.2, 0.25) is 0 Å². The zero-order valence-corrected chi connectivity index (χ0v) is 19.1. The highest BCUT2D eigenvalue weighted by molar-refractivity contribution is 7.80. The third kappa shape index (κ3) is 4.54. The third-order valence-corrected chi connectivity index (χ3v) is 6.02. The Morgan fingerprint density at radius 2 is 1.77 bits per heavy atom. The summed E-state index contributed by atoms with van der Waals surface area (Å²) >= 11 is 5.74. The topological polar surface area (TPSA) is 54.2 Å². The van der Waals surface area contributed by atoms with Crippen LogP contribution in [0.3, 0.4) is 0 Å². The number of aromatic nitrogens is 2. The lowest BCUT2D eigenvalue weighted by molar-refractivity contribution is 0.395. The minimum atomic E-state index is -0.137. The molecule has 4 rings (SSSR count). The SMILES string of the molecule is CCCCCN1C(=S)NC(c2ccccc2)C(c2nc(-c3ccc(C)cc3)no2)=C1C. The van der Waals surface area contributed by atoms with E-state index in [1.54, 1.807) is 0 Å². The van der Waals surface area contributed by atoms with Crippen LogP contribution >= 0.6 is 12.2 Å². The van der Waals surface area contributed by atoms with Gasteiger partial charge in [0.2, 0.25) is 5.82 Å². The van der Waals surface area contributed by atoms with Gasteiger partial charge in [-0.2, -0.15) is 4.98 Å². The summed E-state index contributed by atoms with van der Waals surface area (Å²) in [6, 6.07) is 18.3. The molecule has 0 bridgehead atoms. The number of benzene rings is 2. The maximum absolute atomic E-state index is 5.79. The minimum Gasteiger partial charge on any atom is -0.351 e. The molecule has 0 amide bonds.